The Bertz CT molecular complexity index is 1230. The van der Waals surface area contributed by atoms with Gasteiger partial charge in [-0.1, -0.05) is 49.4 Å². The van der Waals surface area contributed by atoms with Gasteiger partial charge in [0.1, 0.15) is 5.69 Å². The first-order chi connectivity index (χ1) is 16.7. The fraction of sp³-hybridized carbons (Fsp3) is 0.429. The van der Waals surface area contributed by atoms with E-state index in [1.807, 2.05) is 74.0 Å². The number of ether oxygens (including phenoxy) is 1. The molecule has 7 nitrogen and oxygen atoms in total. The summed E-state index contributed by atoms with van der Waals surface area (Å²) in [5, 5.41) is 11.1. The summed E-state index contributed by atoms with van der Waals surface area (Å²) < 4.78 is 8.43. The van der Waals surface area contributed by atoms with Crippen LogP contribution in [0.2, 0.25) is 0 Å². The molecule has 0 radical (unpaired) electrons. The number of aromatic nitrogens is 1. The summed E-state index contributed by atoms with van der Waals surface area (Å²) in [5.74, 6) is -0.230. The minimum atomic E-state index is -0.377. The topological polar surface area (TPSA) is 75.0 Å². The zero-order valence-electron chi connectivity index (χ0n) is 21.2. The molecule has 1 aliphatic rings. The molecular weight excluding hydrogens is 442 g/mol. The first-order valence-electron chi connectivity index (χ1n) is 12.1. The molecule has 35 heavy (non-hydrogen) atoms. The molecule has 2 aromatic carbocycles. The van der Waals surface area contributed by atoms with Gasteiger partial charge in [0.15, 0.2) is 0 Å². The summed E-state index contributed by atoms with van der Waals surface area (Å²) in [4.78, 5) is 29.6. The van der Waals surface area contributed by atoms with Gasteiger partial charge < -0.3 is 24.2 Å². The number of amides is 2. The summed E-state index contributed by atoms with van der Waals surface area (Å²) in [5.41, 5.74) is 4.41. The van der Waals surface area contributed by atoms with E-state index in [0.29, 0.717) is 25.4 Å². The summed E-state index contributed by atoms with van der Waals surface area (Å²) in [7, 11) is 3.69. The maximum Gasteiger partial charge on any atom is 0.271 e. The van der Waals surface area contributed by atoms with Crippen LogP contribution in [0.3, 0.4) is 0 Å². The molecule has 1 aromatic heterocycles. The van der Waals surface area contributed by atoms with Crippen molar-refractivity contribution in [2.45, 2.75) is 39.5 Å². The second-order valence-corrected chi connectivity index (χ2v) is 9.67. The summed E-state index contributed by atoms with van der Waals surface area (Å²) in [6.07, 6.45) is -0.281. The predicted molar refractivity (Wildman–Crippen MR) is 137 cm³/mol. The molecule has 0 bridgehead atoms. The van der Waals surface area contributed by atoms with Gasteiger partial charge in [0.2, 0.25) is 5.91 Å². The number of hydrogen-bond donors (Lipinski definition) is 1. The van der Waals surface area contributed by atoms with Crippen molar-refractivity contribution >= 4 is 22.7 Å². The zero-order chi connectivity index (χ0) is 25.3. The van der Waals surface area contributed by atoms with Gasteiger partial charge in [-0.3, -0.25) is 9.59 Å². The van der Waals surface area contributed by atoms with E-state index in [1.165, 1.54) is 6.92 Å². The van der Waals surface area contributed by atoms with E-state index >= 15 is 0 Å². The van der Waals surface area contributed by atoms with Gasteiger partial charge in [0.05, 0.1) is 25.4 Å². The second kappa shape index (κ2) is 10.2. The zero-order valence-corrected chi connectivity index (χ0v) is 21.2. The van der Waals surface area contributed by atoms with E-state index in [9.17, 15) is 14.7 Å². The predicted octanol–water partition coefficient (Wildman–Crippen LogP) is 3.68. The molecule has 1 aliphatic heterocycles. The standard InChI is InChI=1S/C28H35N3O4/c1-18-14-31(19(2)16-32)28(34)27-26(23-12-8-9-13-24(23)30(27)5)22-11-7-6-10-21(22)17-35-25(18)15-29(4)20(3)33/h6-13,18-19,25,32H,14-17H2,1-5H3/t18-,19-,25-/m1/s1. The van der Waals surface area contributed by atoms with Gasteiger partial charge in [-0.2, -0.15) is 0 Å². The largest absolute Gasteiger partial charge is 0.394 e. The van der Waals surface area contributed by atoms with Crippen molar-refractivity contribution in [3.8, 4) is 11.1 Å². The molecule has 7 heteroatoms. The molecule has 0 saturated carbocycles. The minimum absolute atomic E-state index is 0.0361. The molecule has 0 fully saturated rings. The third kappa shape index (κ3) is 4.70. The van der Waals surface area contributed by atoms with Gasteiger partial charge in [0, 0.05) is 56.5 Å². The van der Waals surface area contributed by atoms with Crippen molar-refractivity contribution in [1.82, 2.24) is 14.4 Å². The Hall–Kier alpha value is -3.16. The average Bonchev–Trinajstić information content (AvgIpc) is 3.15. The molecule has 1 N–H and O–H groups in total. The van der Waals surface area contributed by atoms with Gasteiger partial charge in [-0.05, 0) is 24.1 Å². The van der Waals surface area contributed by atoms with Crippen LogP contribution in [0, 0.1) is 5.92 Å². The number of aliphatic hydroxyl groups is 1. The molecule has 186 valence electrons. The number of benzene rings is 2. The van der Waals surface area contributed by atoms with Crippen LogP contribution in [0.1, 0.15) is 36.8 Å². The SMILES string of the molecule is CC(=O)N(C)C[C@H]1OCc2ccccc2-c2c(n(C)c3ccccc23)C(=O)N([C@H](C)CO)C[C@H]1C. The Labute approximate surface area is 206 Å². The van der Waals surface area contributed by atoms with Crippen molar-refractivity contribution in [2.75, 3.05) is 26.7 Å². The normalized spacial score (nSPS) is 19.6. The van der Waals surface area contributed by atoms with Crippen molar-refractivity contribution < 1.29 is 19.4 Å². The third-order valence-corrected chi connectivity index (χ3v) is 7.22. The lowest BCUT2D eigenvalue weighted by molar-refractivity contribution is -0.130. The number of carbonyl (C=O) groups is 2. The van der Waals surface area contributed by atoms with Crippen molar-refractivity contribution in [1.29, 1.82) is 0 Å². The van der Waals surface area contributed by atoms with Gasteiger partial charge in [-0.15, -0.1) is 0 Å². The first-order valence-corrected chi connectivity index (χ1v) is 12.1. The van der Waals surface area contributed by atoms with E-state index < -0.39 is 0 Å². The number of aryl methyl sites for hydroxylation is 1. The van der Waals surface area contributed by atoms with Crippen LogP contribution >= 0.6 is 0 Å². The van der Waals surface area contributed by atoms with Gasteiger partial charge in [-0.25, -0.2) is 0 Å². The summed E-state index contributed by atoms with van der Waals surface area (Å²) >= 11 is 0. The van der Waals surface area contributed by atoms with E-state index in [2.05, 4.69) is 0 Å². The molecule has 0 aliphatic carbocycles. The van der Waals surface area contributed by atoms with Gasteiger partial charge >= 0.3 is 0 Å². The van der Waals surface area contributed by atoms with Crippen LogP contribution < -0.4 is 0 Å². The summed E-state index contributed by atoms with van der Waals surface area (Å²) in [6.45, 7) is 6.47. The highest BCUT2D eigenvalue weighted by Gasteiger charge is 2.33. The highest BCUT2D eigenvalue weighted by atomic mass is 16.5. The van der Waals surface area contributed by atoms with Crippen LogP contribution in [0.25, 0.3) is 22.0 Å². The number of nitrogens with zero attached hydrogens (tertiary/aromatic N) is 3. The second-order valence-electron chi connectivity index (χ2n) is 9.67. The highest BCUT2D eigenvalue weighted by molar-refractivity contribution is 6.10. The van der Waals surface area contributed by atoms with Crippen LogP contribution in [-0.4, -0.2) is 70.2 Å². The molecule has 0 spiro atoms. The number of fused-ring (bicyclic) bond motifs is 5. The van der Waals surface area contributed by atoms with E-state index in [0.717, 1.165) is 27.6 Å². The lowest BCUT2D eigenvalue weighted by Gasteiger charge is -2.35. The minimum Gasteiger partial charge on any atom is -0.394 e. The molecule has 2 amide bonds. The Morgan fingerprint density at radius 3 is 2.60 bits per heavy atom. The third-order valence-electron chi connectivity index (χ3n) is 7.22. The van der Waals surface area contributed by atoms with Crippen molar-refractivity contribution in [3.05, 3.63) is 59.8 Å². The van der Waals surface area contributed by atoms with Crippen molar-refractivity contribution in [2.24, 2.45) is 13.0 Å². The van der Waals surface area contributed by atoms with Crippen LogP contribution in [0.4, 0.5) is 0 Å². The number of carbonyl (C=O) groups excluding carboxylic acids is 2. The molecule has 4 rings (SSSR count). The molecule has 3 aromatic rings. The lowest BCUT2D eigenvalue weighted by atomic mass is 9.96. The molecule has 0 unspecified atom stereocenters. The highest BCUT2D eigenvalue weighted by Crippen LogP contribution is 2.38. The molecule has 2 heterocycles. The Morgan fingerprint density at radius 1 is 1.20 bits per heavy atom. The van der Waals surface area contributed by atoms with E-state index in [1.54, 1.807) is 16.8 Å². The molecular formula is C28H35N3O4. The number of aliphatic hydroxyl groups excluding tert-OH is 1. The molecule has 3 atom stereocenters. The van der Waals surface area contributed by atoms with Crippen LogP contribution in [0.5, 0.6) is 0 Å². The number of likely N-dealkylation sites (N-methyl/N-ethyl adjacent to an activating group) is 1. The average molecular weight is 478 g/mol. The number of hydrogen-bond acceptors (Lipinski definition) is 4. The number of rotatable bonds is 4. The van der Waals surface area contributed by atoms with Gasteiger partial charge in [0.25, 0.3) is 5.91 Å². The maximum atomic E-state index is 14.2. The molecule has 0 saturated heterocycles. The Morgan fingerprint density at radius 2 is 1.89 bits per heavy atom. The fourth-order valence-electron chi connectivity index (χ4n) is 4.92. The first kappa shape index (κ1) is 24.9. The summed E-state index contributed by atoms with van der Waals surface area (Å²) in [6, 6.07) is 15.7. The van der Waals surface area contributed by atoms with E-state index in [4.69, 9.17) is 4.74 Å². The van der Waals surface area contributed by atoms with E-state index in [-0.39, 0.29) is 36.5 Å². The Kier molecular flexibility index (Phi) is 7.28. The van der Waals surface area contributed by atoms with Crippen molar-refractivity contribution in [3.63, 3.8) is 0 Å². The quantitative estimate of drug-likeness (QED) is 0.622. The lowest BCUT2D eigenvalue weighted by Crippen LogP contribution is -2.47. The Balaban J connectivity index is 1.93. The monoisotopic (exact) mass is 477 g/mol. The van der Waals surface area contributed by atoms with Crippen LogP contribution in [-0.2, 0) is 23.2 Å². The fourth-order valence-corrected chi connectivity index (χ4v) is 4.92. The maximum absolute atomic E-state index is 14.2. The number of para-hydroxylation sites is 1. The van der Waals surface area contributed by atoms with Crippen LogP contribution in [0.15, 0.2) is 48.5 Å². The smallest absolute Gasteiger partial charge is 0.271 e.